The zero-order valence-electron chi connectivity index (χ0n) is 21.7. The minimum absolute atomic E-state index is 0.0278. The van der Waals surface area contributed by atoms with Crippen molar-refractivity contribution in [3.8, 4) is 0 Å². The van der Waals surface area contributed by atoms with Crippen LogP contribution < -0.4 is 5.32 Å². The minimum atomic E-state index is -0.201. The summed E-state index contributed by atoms with van der Waals surface area (Å²) in [5.74, 6) is 0.470. The van der Waals surface area contributed by atoms with Gasteiger partial charge in [0.1, 0.15) is 0 Å². The highest BCUT2D eigenvalue weighted by Crippen LogP contribution is 2.30. The average Bonchev–Trinajstić information content (AvgIpc) is 2.67. The minimum Gasteiger partial charge on any atom is -0.370 e. The third-order valence-corrected chi connectivity index (χ3v) is 6.56. The SMILES string of the molecule is C=C(C(NC(=O)C1CCCCN1C(C)C)C(C)(C)C)N(C)C(/C=C(\C)C(C)=O)C(C)C. The van der Waals surface area contributed by atoms with Gasteiger partial charge in [0.05, 0.1) is 12.1 Å². The third kappa shape index (κ3) is 7.48. The Hall–Kier alpha value is -1.62. The number of amides is 1. The number of allylic oxidation sites excluding steroid dienone is 1. The number of nitrogens with zero attached hydrogens (tertiary/aromatic N) is 2. The summed E-state index contributed by atoms with van der Waals surface area (Å²) in [6, 6.07) is 0.0886. The van der Waals surface area contributed by atoms with E-state index in [2.05, 4.69) is 70.2 Å². The molecule has 1 fully saturated rings. The topological polar surface area (TPSA) is 52.7 Å². The van der Waals surface area contributed by atoms with Crippen LogP contribution in [0.4, 0.5) is 0 Å². The second-order valence-electron chi connectivity index (χ2n) is 10.9. The van der Waals surface area contributed by atoms with Crippen molar-refractivity contribution in [2.75, 3.05) is 13.6 Å². The number of hydrogen-bond acceptors (Lipinski definition) is 4. The summed E-state index contributed by atoms with van der Waals surface area (Å²) in [5, 5.41) is 3.35. The number of carbonyl (C=O) groups excluding carboxylic acids is 2. The van der Waals surface area contributed by atoms with Crippen molar-refractivity contribution in [1.82, 2.24) is 15.1 Å². The van der Waals surface area contributed by atoms with Crippen LogP contribution in [-0.4, -0.2) is 59.3 Å². The van der Waals surface area contributed by atoms with Crippen LogP contribution >= 0.6 is 0 Å². The Kier molecular flexibility index (Phi) is 10.00. The molecule has 31 heavy (non-hydrogen) atoms. The molecule has 3 atom stereocenters. The molecule has 178 valence electrons. The van der Waals surface area contributed by atoms with Crippen LogP contribution in [0.1, 0.15) is 81.6 Å². The molecule has 1 aliphatic rings. The number of ketones is 1. The zero-order valence-corrected chi connectivity index (χ0v) is 21.7. The predicted molar refractivity (Wildman–Crippen MR) is 131 cm³/mol. The smallest absolute Gasteiger partial charge is 0.237 e. The largest absolute Gasteiger partial charge is 0.370 e. The van der Waals surface area contributed by atoms with E-state index < -0.39 is 0 Å². The van der Waals surface area contributed by atoms with Gasteiger partial charge < -0.3 is 10.2 Å². The van der Waals surface area contributed by atoms with Gasteiger partial charge >= 0.3 is 0 Å². The van der Waals surface area contributed by atoms with Crippen molar-refractivity contribution in [1.29, 1.82) is 0 Å². The lowest BCUT2D eigenvalue weighted by atomic mass is 9.83. The lowest BCUT2D eigenvalue weighted by molar-refractivity contribution is -0.129. The third-order valence-electron chi connectivity index (χ3n) is 6.56. The summed E-state index contributed by atoms with van der Waals surface area (Å²) in [6.45, 7) is 23.9. The van der Waals surface area contributed by atoms with Crippen molar-refractivity contribution in [2.45, 2.75) is 106 Å². The summed E-state index contributed by atoms with van der Waals surface area (Å²) in [5.41, 5.74) is 1.43. The normalized spacial score (nSPS) is 20.5. The molecule has 0 aliphatic carbocycles. The van der Waals surface area contributed by atoms with Crippen molar-refractivity contribution in [3.63, 3.8) is 0 Å². The molecule has 1 N–H and O–H groups in total. The van der Waals surface area contributed by atoms with Crippen LogP contribution in [0.15, 0.2) is 23.9 Å². The highest BCUT2D eigenvalue weighted by Gasteiger charge is 2.37. The van der Waals surface area contributed by atoms with Crippen LogP contribution in [0, 0.1) is 11.3 Å². The Morgan fingerprint density at radius 2 is 1.71 bits per heavy atom. The molecule has 0 aromatic carbocycles. The monoisotopic (exact) mass is 433 g/mol. The van der Waals surface area contributed by atoms with Crippen LogP contribution in [-0.2, 0) is 9.59 Å². The fourth-order valence-electron chi connectivity index (χ4n) is 4.41. The van der Waals surface area contributed by atoms with Gasteiger partial charge in [0.25, 0.3) is 0 Å². The van der Waals surface area contributed by atoms with Crippen molar-refractivity contribution < 1.29 is 9.59 Å². The number of likely N-dealkylation sites (tertiary alicyclic amines) is 1. The van der Waals surface area contributed by atoms with Crippen LogP contribution in [0.25, 0.3) is 0 Å². The Labute approximate surface area is 191 Å². The average molecular weight is 434 g/mol. The summed E-state index contributed by atoms with van der Waals surface area (Å²) in [6.07, 6.45) is 5.17. The fourth-order valence-corrected chi connectivity index (χ4v) is 4.41. The Morgan fingerprint density at radius 1 is 1.13 bits per heavy atom. The molecule has 0 saturated carbocycles. The molecule has 0 spiro atoms. The maximum atomic E-state index is 13.4. The summed E-state index contributed by atoms with van der Waals surface area (Å²) < 4.78 is 0. The van der Waals surface area contributed by atoms with E-state index in [1.54, 1.807) is 6.92 Å². The second kappa shape index (κ2) is 11.3. The molecule has 1 amide bonds. The number of nitrogens with one attached hydrogen (secondary N) is 1. The van der Waals surface area contributed by atoms with E-state index in [1.807, 2.05) is 20.0 Å². The molecule has 1 saturated heterocycles. The van der Waals surface area contributed by atoms with E-state index >= 15 is 0 Å². The van der Waals surface area contributed by atoms with Crippen molar-refractivity contribution >= 4 is 11.7 Å². The van der Waals surface area contributed by atoms with Crippen LogP contribution in [0.3, 0.4) is 0 Å². The Morgan fingerprint density at radius 3 is 2.16 bits per heavy atom. The van der Waals surface area contributed by atoms with Crippen LogP contribution in [0.5, 0.6) is 0 Å². The van der Waals surface area contributed by atoms with Gasteiger partial charge in [0, 0.05) is 24.8 Å². The Bertz CT molecular complexity index is 673. The first-order valence-electron chi connectivity index (χ1n) is 11.9. The number of carbonyl (C=O) groups is 2. The lowest BCUT2D eigenvalue weighted by Gasteiger charge is -2.43. The molecular weight excluding hydrogens is 386 g/mol. The van der Waals surface area contributed by atoms with E-state index in [0.717, 1.165) is 37.1 Å². The highest BCUT2D eigenvalue weighted by atomic mass is 16.2. The molecule has 1 heterocycles. The maximum Gasteiger partial charge on any atom is 0.237 e. The first kappa shape index (κ1) is 27.4. The first-order valence-corrected chi connectivity index (χ1v) is 11.9. The number of Topliss-reactive ketones (excluding diaryl/α,β-unsaturated/α-hetero) is 1. The molecule has 0 aromatic heterocycles. The maximum absolute atomic E-state index is 13.4. The molecule has 0 aromatic rings. The van der Waals surface area contributed by atoms with E-state index in [1.165, 1.54) is 0 Å². The van der Waals surface area contributed by atoms with Gasteiger partial charge in [-0.25, -0.2) is 0 Å². The van der Waals surface area contributed by atoms with Crippen LogP contribution in [0.2, 0.25) is 0 Å². The molecule has 5 nitrogen and oxygen atoms in total. The highest BCUT2D eigenvalue weighted by molar-refractivity contribution is 5.92. The number of rotatable bonds is 9. The van der Waals surface area contributed by atoms with Gasteiger partial charge in [-0.3, -0.25) is 14.5 Å². The molecule has 0 bridgehead atoms. The summed E-state index contributed by atoms with van der Waals surface area (Å²) in [7, 11) is 2.02. The number of piperidine rings is 1. The van der Waals surface area contributed by atoms with E-state index in [4.69, 9.17) is 0 Å². The number of hydrogen-bond donors (Lipinski definition) is 1. The molecule has 3 unspecified atom stereocenters. The van der Waals surface area contributed by atoms with Gasteiger partial charge in [-0.2, -0.15) is 0 Å². The van der Waals surface area contributed by atoms with E-state index in [9.17, 15) is 9.59 Å². The van der Waals surface area contributed by atoms with E-state index in [-0.39, 0.29) is 35.2 Å². The van der Waals surface area contributed by atoms with Crippen molar-refractivity contribution in [2.24, 2.45) is 11.3 Å². The fraction of sp³-hybridized carbons (Fsp3) is 0.769. The van der Waals surface area contributed by atoms with Gasteiger partial charge in [-0.15, -0.1) is 0 Å². The standard InChI is InChI=1S/C26H47N3O2/c1-17(2)23(16-19(5)21(7)30)28(11)20(6)24(26(8,9)10)27-25(31)22-14-12-13-15-29(22)18(3)4/h16-18,22-24H,6,12-15H2,1-5,7-11H3,(H,27,31)/b19-16+. The van der Waals surface area contributed by atoms with Gasteiger partial charge in [-0.05, 0) is 64.0 Å². The quantitative estimate of drug-likeness (QED) is 0.531. The molecule has 5 heteroatoms. The van der Waals surface area contributed by atoms with E-state index in [0.29, 0.717) is 12.0 Å². The first-order chi connectivity index (χ1) is 14.2. The summed E-state index contributed by atoms with van der Waals surface area (Å²) in [4.78, 5) is 29.7. The zero-order chi connectivity index (χ0) is 24.1. The molecule has 1 rings (SSSR count). The van der Waals surface area contributed by atoms with Gasteiger partial charge in [0.15, 0.2) is 5.78 Å². The molecular formula is C26H47N3O2. The summed E-state index contributed by atoms with van der Waals surface area (Å²) >= 11 is 0. The predicted octanol–water partition coefficient (Wildman–Crippen LogP) is 4.79. The molecule has 0 radical (unpaired) electrons. The Balaban J connectivity index is 3.15. The van der Waals surface area contributed by atoms with Gasteiger partial charge in [0.2, 0.25) is 5.91 Å². The lowest BCUT2D eigenvalue weighted by Crippen LogP contribution is -2.57. The second-order valence-corrected chi connectivity index (χ2v) is 10.9. The van der Waals surface area contributed by atoms with Gasteiger partial charge in [-0.1, -0.05) is 53.7 Å². The number of likely N-dealkylation sites (N-methyl/N-ethyl adjacent to an activating group) is 1. The van der Waals surface area contributed by atoms with Crippen molar-refractivity contribution in [3.05, 3.63) is 23.9 Å². The molecule has 1 aliphatic heterocycles.